The zero-order chi connectivity index (χ0) is 17.9. The van der Waals surface area contributed by atoms with E-state index >= 15 is 0 Å². The molecule has 24 heavy (non-hydrogen) atoms. The van der Waals surface area contributed by atoms with Crippen molar-refractivity contribution in [1.29, 1.82) is 0 Å². The highest BCUT2D eigenvalue weighted by Crippen LogP contribution is 2.29. The number of hydrogen-bond acceptors (Lipinski definition) is 2. The summed E-state index contributed by atoms with van der Waals surface area (Å²) < 4.78 is 0. The minimum Gasteiger partial charge on any atom is -0.480 e. The van der Waals surface area contributed by atoms with Crippen LogP contribution in [0.5, 0.6) is 0 Å². The van der Waals surface area contributed by atoms with Gasteiger partial charge in [0.2, 0.25) is 0 Å². The number of rotatable bonds is 5. The maximum Gasteiger partial charge on any atom is 0.326 e. The van der Waals surface area contributed by atoms with Crippen LogP contribution in [0.15, 0.2) is 42.5 Å². The van der Waals surface area contributed by atoms with Crippen molar-refractivity contribution in [3.63, 3.8) is 0 Å². The Hall–Kier alpha value is -2.33. The summed E-state index contributed by atoms with van der Waals surface area (Å²) in [5, 5.41) is 10.1. The molecule has 1 unspecified atom stereocenters. The number of para-hydroxylation sites is 1. The van der Waals surface area contributed by atoms with Gasteiger partial charge in [0.25, 0.3) is 5.91 Å². The molecule has 5 heteroatoms. The Kier molecular flexibility index (Phi) is 5.62. The maximum atomic E-state index is 13.1. The Labute approximate surface area is 146 Å². The third-order valence-electron chi connectivity index (χ3n) is 3.97. The molecule has 0 aliphatic rings. The maximum absolute atomic E-state index is 13.1. The lowest BCUT2D eigenvalue weighted by Crippen LogP contribution is -2.45. The largest absolute Gasteiger partial charge is 0.480 e. The fourth-order valence-electron chi connectivity index (χ4n) is 2.78. The Morgan fingerprint density at radius 3 is 2.08 bits per heavy atom. The molecule has 2 rings (SSSR count). The van der Waals surface area contributed by atoms with Gasteiger partial charge >= 0.3 is 5.97 Å². The summed E-state index contributed by atoms with van der Waals surface area (Å²) in [5.74, 6) is -1.37. The molecule has 1 N–H and O–H groups in total. The van der Waals surface area contributed by atoms with Crippen LogP contribution in [-0.2, 0) is 4.79 Å². The molecule has 1 atom stereocenters. The zero-order valence-electron chi connectivity index (χ0n) is 13.9. The molecular formula is C19H20ClNO3. The van der Waals surface area contributed by atoms with Gasteiger partial charge in [0.05, 0.1) is 5.69 Å². The highest BCUT2D eigenvalue weighted by Gasteiger charge is 2.32. The third kappa shape index (κ3) is 3.60. The number of carboxylic acid groups (broad SMARTS) is 1. The number of carboxylic acids is 1. The highest BCUT2D eigenvalue weighted by molar-refractivity contribution is 6.30. The minimum absolute atomic E-state index is 0.308. The second-order valence-electron chi connectivity index (χ2n) is 5.68. The van der Waals surface area contributed by atoms with Gasteiger partial charge in [-0.3, -0.25) is 9.69 Å². The van der Waals surface area contributed by atoms with Gasteiger partial charge < -0.3 is 5.11 Å². The van der Waals surface area contributed by atoms with Crippen LogP contribution in [0.25, 0.3) is 0 Å². The topological polar surface area (TPSA) is 57.6 Å². The van der Waals surface area contributed by atoms with Crippen LogP contribution in [-0.4, -0.2) is 23.0 Å². The normalized spacial score (nSPS) is 11.8. The van der Waals surface area contributed by atoms with Crippen molar-refractivity contribution in [3.8, 4) is 0 Å². The van der Waals surface area contributed by atoms with Crippen LogP contribution in [0, 0.1) is 13.8 Å². The molecule has 126 valence electrons. The fourth-order valence-corrected chi connectivity index (χ4v) is 2.91. The SMILES string of the molecule is CCC(C(=O)O)N(C(=O)c1ccc(Cl)cc1)c1c(C)cccc1C. The average Bonchev–Trinajstić information content (AvgIpc) is 2.53. The lowest BCUT2D eigenvalue weighted by molar-refractivity contribution is -0.138. The number of benzene rings is 2. The van der Waals surface area contributed by atoms with Crippen molar-refractivity contribution >= 4 is 29.2 Å². The van der Waals surface area contributed by atoms with Crippen LogP contribution >= 0.6 is 11.6 Å². The van der Waals surface area contributed by atoms with Crippen molar-refractivity contribution < 1.29 is 14.7 Å². The number of aliphatic carboxylic acids is 1. The predicted octanol–water partition coefficient (Wildman–Crippen LogP) is 4.47. The van der Waals surface area contributed by atoms with Crippen LogP contribution in [0.3, 0.4) is 0 Å². The average molecular weight is 346 g/mol. The molecule has 0 aliphatic carbocycles. The predicted molar refractivity (Wildman–Crippen MR) is 95.9 cm³/mol. The summed E-state index contributed by atoms with van der Waals surface area (Å²) in [6, 6.07) is 11.2. The second-order valence-corrected chi connectivity index (χ2v) is 6.12. The van der Waals surface area contributed by atoms with Gasteiger partial charge in [-0.15, -0.1) is 0 Å². The van der Waals surface area contributed by atoms with Crippen LogP contribution in [0.4, 0.5) is 5.69 Å². The number of nitrogens with zero attached hydrogens (tertiary/aromatic N) is 1. The van der Waals surface area contributed by atoms with E-state index in [9.17, 15) is 14.7 Å². The first-order valence-corrected chi connectivity index (χ1v) is 8.12. The van der Waals surface area contributed by atoms with Crippen molar-refractivity contribution in [2.24, 2.45) is 0 Å². The number of aryl methyl sites for hydroxylation is 2. The van der Waals surface area contributed by atoms with E-state index in [0.717, 1.165) is 11.1 Å². The first-order chi connectivity index (χ1) is 11.4. The Balaban J connectivity index is 2.61. The molecule has 0 heterocycles. The minimum atomic E-state index is -1.03. The number of anilines is 1. The van der Waals surface area contributed by atoms with E-state index in [0.29, 0.717) is 22.7 Å². The van der Waals surface area contributed by atoms with E-state index in [-0.39, 0.29) is 5.91 Å². The van der Waals surface area contributed by atoms with Gasteiger partial charge in [0.15, 0.2) is 0 Å². The van der Waals surface area contributed by atoms with Gasteiger partial charge in [-0.2, -0.15) is 0 Å². The Morgan fingerprint density at radius 2 is 1.62 bits per heavy atom. The molecule has 0 saturated heterocycles. The van der Waals surface area contributed by atoms with Gasteiger partial charge in [-0.05, 0) is 55.7 Å². The van der Waals surface area contributed by atoms with E-state index in [1.165, 1.54) is 4.90 Å². The summed E-state index contributed by atoms with van der Waals surface area (Å²) in [4.78, 5) is 26.2. The van der Waals surface area contributed by atoms with Crippen LogP contribution in [0.1, 0.15) is 34.8 Å². The first kappa shape index (κ1) is 18.0. The summed E-state index contributed by atoms with van der Waals surface area (Å²) in [7, 11) is 0. The molecule has 0 saturated carbocycles. The van der Waals surface area contributed by atoms with E-state index in [4.69, 9.17) is 11.6 Å². The quantitative estimate of drug-likeness (QED) is 0.870. The van der Waals surface area contributed by atoms with E-state index in [1.807, 2.05) is 32.0 Å². The summed E-state index contributed by atoms with van der Waals surface area (Å²) in [6.07, 6.45) is 0.308. The third-order valence-corrected chi connectivity index (χ3v) is 4.23. The summed E-state index contributed by atoms with van der Waals surface area (Å²) in [5.41, 5.74) is 2.77. The van der Waals surface area contributed by atoms with Gasteiger partial charge in [-0.25, -0.2) is 4.79 Å². The second kappa shape index (κ2) is 7.49. The summed E-state index contributed by atoms with van der Waals surface area (Å²) in [6.45, 7) is 5.51. The standard InChI is InChI=1S/C19H20ClNO3/c1-4-16(19(23)24)21(17-12(2)6-5-7-13(17)3)18(22)14-8-10-15(20)11-9-14/h5-11,16H,4H2,1-3H3,(H,23,24). The molecule has 0 bridgehead atoms. The van der Waals surface area contributed by atoms with Gasteiger partial charge in [0, 0.05) is 10.6 Å². The van der Waals surface area contributed by atoms with E-state index < -0.39 is 12.0 Å². The number of amides is 1. The number of carbonyl (C=O) groups excluding carboxylic acids is 1. The highest BCUT2D eigenvalue weighted by atomic mass is 35.5. The van der Waals surface area contributed by atoms with E-state index in [2.05, 4.69) is 0 Å². The van der Waals surface area contributed by atoms with Crippen molar-refractivity contribution in [2.75, 3.05) is 4.90 Å². The first-order valence-electron chi connectivity index (χ1n) is 7.75. The number of halogens is 1. The van der Waals surface area contributed by atoms with Crippen molar-refractivity contribution in [2.45, 2.75) is 33.2 Å². The molecule has 2 aromatic carbocycles. The molecule has 0 spiro atoms. The van der Waals surface area contributed by atoms with Crippen LogP contribution < -0.4 is 4.90 Å². The van der Waals surface area contributed by atoms with Gasteiger partial charge in [-0.1, -0.05) is 36.7 Å². The number of carbonyl (C=O) groups is 2. The Morgan fingerprint density at radius 1 is 1.08 bits per heavy atom. The molecule has 0 radical (unpaired) electrons. The molecule has 0 aliphatic heterocycles. The van der Waals surface area contributed by atoms with Crippen molar-refractivity contribution in [1.82, 2.24) is 0 Å². The summed E-state index contributed by atoms with van der Waals surface area (Å²) >= 11 is 5.88. The smallest absolute Gasteiger partial charge is 0.326 e. The molecule has 1 amide bonds. The molecule has 0 fully saturated rings. The molecule has 4 nitrogen and oxygen atoms in total. The lowest BCUT2D eigenvalue weighted by atomic mass is 10.0. The van der Waals surface area contributed by atoms with Crippen LogP contribution in [0.2, 0.25) is 5.02 Å². The zero-order valence-corrected chi connectivity index (χ0v) is 14.7. The van der Waals surface area contributed by atoms with Gasteiger partial charge in [0.1, 0.15) is 6.04 Å². The fraction of sp³-hybridized carbons (Fsp3) is 0.263. The molecule has 0 aromatic heterocycles. The molecule has 2 aromatic rings. The number of hydrogen-bond donors (Lipinski definition) is 1. The lowest BCUT2D eigenvalue weighted by Gasteiger charge is -2.31. The molecular weight excluding hydrogens is 326 g/mol. The van der Waals surface area contributed by atoms with Crippen molar-refractivity contribution in [3.05, 3.63) is 64.2 Å². The Bertz CT molecular complexity index is 735. The van der Waals surface area contributed by atoms with E-state index in [1.54, 1.807) is 31.2 Å². The monoisotopic (exact) mass is 345 g/mol.